The van der Waals surface area contributed by atoms with Crippen LogP contribution in [0.5, 0.6) is 5.75 Å². The van der Waals surface area contributed by atoms with Crippen LogP contribution in [0.3, 0.4) is 0 Å². The Balaban J connectivity index is 1.80. The van der Waals surface area contributed by atoms with Gasteiger partial charge in [-0.3, -0.25) is 4.79 Å². The van der Waals surface area contributed by atoms with E-state index in [0.717, 1.165) is 11.1 Å². The number of hydrogen-bond acceptors (Lipinski definition) is 5. The summed E-state index contributed by atoms with van der Waals surface area (Å²) in [7, 11) is -2.25. The zero-order chi connectivity index (χ0) is 21.7. The van der Waals surface area contributed by atoms with Gasteiger partial charge in [0, 0.05) is 24.2 Å². The Hall–Kier alpha value is -2.39. The highest BCUT2D eigenvalue weighted by Crippen LogP contribution is 2.29. The zero-order valence-electron chi connectivity index (χ0n) is 16.7. The number of nitrogens with zero attached hydrogens (tertiary/aromatic N) is 1. The van der Waals surface area contributed by atoms with Crippen molar-refractivity contribution in [3.8, 4) is 5.75 Å². The van der Waals surface area contributed by atoms with E-state index < -0.39 is 15.9 Å². The first-order chi connectivity index (χ1) is 14.3. The highest BCUT2D eigenvalue weighted by atomic mass is 35.5. The van der Waals surface area contributed by atoms with Crippen molar-refractivity contribution in [1.29, 1.82) is 0 Å². The monoisotopic (exact) mass is 450 g/mol. The van der Waals surface area contributed by atoms with E-state index in [1.807, 2.05) is 19.1 Å². The Labute approximate surface area is 181 Å². The lowest BCUT2D eigenvalue weighted by Gasteiger charge is -2.26. The fourth-order valence-corrected chi connectivity index (χ4v) is 4.56. The fourth-order valence-electron chi connectivity index (χ4n) is 2.94. The lowest BCUT2D eigenvalue weighted by Crippen LogP contribution is -2.40. The molecule has 0 radical (unpaired) electrons. The standard InChI is InChI=1S/C21H23ClN2O5S/c1-15-3-4-16(13-18(15)22)5-8-21(25)23-19-14-17(6-7-20(19)28-2)30(26,27)24-9-11-29-12-10-24/h3-8,13-14H,9-12H2,1-2H3,(H,23,25)/b8-5+. The van der Waals surface area contributed by atoms with Gasteiger partial charge in [-0.05, 0) is 48.4 Å². The van der Waals surface area contributed by atoms with Crippen molar-refractivity contribution in [2.75, 3.05) is 38.7 Å². The maximum Gasteiger partial charge on any atom is 0.248 e. The molecule has 0 atom stereocenters. The van der Waals surface area contributed by atoms with Crippen LogP contribution in [0, 0.1) is 6.92 Å². The number of amides is 1. The number of halogens is 1. The van der Waals surface area contributed by atoms with Crippen molar-refractivity contribution in [2.45, 2.75) is 11.8 Å². The molecule has 0 spiro atoms. The third-order valence-electron chi connectivity index (χ3n) is 4.66. The number of benzene rings is 2. The van der Waals surface area contributed by atoms with Crippen molar-refractivity contribution >= 4 is 39.3 Å². The predicted octanol–water partition coefficient (Wildman–Crippen LogP) is 3.33. The van der Waals surface area contributed by atoms with Crippen LogP contribution in [0.15, 0.2) is 47.4 Å². The largest absolute Gasteiger partial charge is 0.495 e. The maximum absolute atomic E-state index is 12.9. The second kappa shape index (κ2) is 9.61. The highest BCUT2D eigenvalue weighted by molar-refractivity contribution is 7.89. The Morgan fingerprint density at radius 2 is 1.93 bits per heavy atom. The molecule has 1 aliphatic rings. The lowest BCUT2D eigenvalue weighted by atomic mass is 10.1. The van der Waals surface area contributed by atoms with E-state index in [2.05, 4.69) is 5.32 Å². The van der Waals surface area contributed by atoms with E-state index in [1.165, 1.54) is 35.7 Å². The number of ether oxygens (including phenoxy) is 2. The molecule has 1 aliphatic heterocycles. The molecule has 2 aromatic rings. The molecular formula is C21H23ClN2O5S. The summed E-state index contributed by atoms with van der Waals surface area (Å²) < 4.78 is 37.6. The number of carbonyl (C=O) groups is 1. The predicted molar refractivity (Wildman–Crippen MR) is 116 cm³/mol. The van der Waals surface area contributed by atoms with Crippen molar-refractivity contribution in [1.82, 2.24) is 4.31 Å². The summed E-state index contributed by atoms with van der Waals surface area (Å²) >= 11 is 6.10. The summed E-state index contributed by atoms with van der Waals surface area (Å²) in [6.45, 7) is 3.18. The SMILES string of the molecule is COc1ccc(S(=O)(=O)N2CCOCC2)cc1NC(=O)/C=C/c1ccc(C)c(Cl)c1. The van der Waals surface area contributed by atoms with Crippen LogP contribution in [0.1, 0.15) is 11.1 Å². The van der Waals surface area contributed by atoms with Crippen molar-refractivity contribution in [2.24, 2.45) is 0 Å². The van der Waals surface area contributed by atoms with Gasteiger partial charge in [0.1, 0.15) is 5.75 Å². The number of aryl methyl sites for hydroxylation is 1. The molecule has 1 amide bonds. The molecule has 160 valence electrons. The molecule has 1 heterocycles. The maximum atomic E-state index is 12.9. The molecule has 0 aromatic heterocycles. The number of nitrogens with one attached hydrogen (secondary N) is 1. The molecule has 0 bridgehead atoms. The number of rotatable bonds is 6. The molecule has 3 rings (SSSR count). The molecule has 30 heavy (non-hydrogen) atoms. The average molecular weight is 451 g/mol. The number of morpholine rings is 1. The summed E-state index contributed by atoms with van der Waals surface area (Å²) in [6, 6.07) is 9.86. The third kappa shape index (κ3) is 5.20. The fraction of sp³-hybridized carbons (Fsp3) is 0.286. The van der Waals surface area contributed by atoms with Gasteiger partial charge in [0.05, 0.1) is 30.9 Å². The Morgan fingerprint density at radius 1 is 1.20 bits per heavy atom. The molecule has 0 aliphatic carbocycles. The Bertz CT molecular complexity index is 1060. The van der Waals surface area contributed by atoms with Crippen molar-refractivity contribution in [3.05, 3.63) is 58.6 Å². The number of methoxy groups -OCH3 is 1. The third-order valence-corrected chi connectivity index (χ3v) is 6.96. The van der Waals surface area contributed by atoms with Crippen LogP contribution in [-0.4, -0.2) is 52.0 Å². The molecule has 1 N–H and O–H groups in total. The Kier molecular flexibility index (Phi) is 7.14. The van der Waals surface area contributed by atoms with Crippen LogP contribution in [0.25, 0.3) is 6.08 Å². The van der Waals surface area contributed by atoms with E-state index in [-0.39, 0.29) is 23.7 Å². The molecular weight excluding hydrogens is 428 g/mol. The van der Waals surface area contributed by atoms with Crippen LogP contribution >= 0.6 is 11.6 Å². The van der Waals surface area contributed by atoms with Crippen molar-refractivity contribution in [3.63, 3.8) is 0 Å². The van der Waals surface area contributed by atoms with Gasteiger partial charge < -0.3 is 14.8 Å². The molecule has 7 nitrogen and oxygen atoms in total. The van der Waals surface area contributed by atoms with Gasteiger partial charge in [-0.2, -0.15) is 4.31 Å². The van der Waals surface area contributed by atoms with Crippen LogP contribution in [0.2, 0.25) is 5.02 Å². The number of carbonyl (C=O) groups excluding carboxylic acids is 1. The Morgan fingerprint density at radius 3 is 2.60 bits per heavy atom. The number of sulfonamides is 1. The summed E-state index contributed by atoms with van der Waals surface area (Å²) in [5, 5.41) is 3.29. The molecule has 1 saturated heterocycles. The normalized spacial score (nSPS) is 15.3. The summed E-state index contributed by atoms with van der Waals surface area (Å²) in [6.07, 6.45) is 2.98. The summed E-state index contributed by atoms with van der Waals surface area (Å²) in [5.41, 5.74) is 1.99. The smallest absolute Gasteiger partial charge is 0.248 e. The van der Waals surface area contributed by atoms with Gasteiger partial charge in [0.2, 0.25) is 15.9 Å². The van der Waals surface area contributed by atoms with Crippen LogP contribution in [-0.2, 0) is 19.6 Å². The van der Waals surface area contributed by atoms with E-state index in [9.17, 15) is 13.2 Å². The summed E-state index contributed by atoms with van der Waals surface area (Å²) in [4.78, 5) is 12.5. The van der Waals surface area contributed by atoms with Crippen molar-refractivity contribution < 1.29 is 22.7 Å². The van der Waals surface area contributed by atoms with Gasteiger partial charge in [-0.25, -0.2) is 8.42 Å². The minimum absolute atomic E-state index is 0.0785. The van der Waals surface area contributed by atoms with E-state index in [0.29, 0.717) is 24.0 Å². The molecule has 0 saturated carbocycles. The van der Waals surface area contributed by atoms with Crippen LogP contribution in [0.4, 0.5) is 5.69 Å². The summed E-state index contributed by atoms with van der Waals surface area (Å²) in [5.74, 6) is -0.0676. The average Bonchev–Trinajstić information content (AvgIpc) is 2.75. The van der Waals surface area contributed by atoms with E-state index in [4.69, 9.17) is 21.1 Å². The lowest BCUT2D eigenvalue weighted by molar-refractivity contribution is -0.111. The minimum atomic E-state index is -3.70. The first kappa shape index (κ1) is 22.3. The first-order valence-electron chi connectivity index (χ1n) is 9.32. The second-order valence-corrected chi connectivity index (χ2v) is 9.05. The van der Waals surface area contributed by atoms with E-state index in [1.54, 1.807) is 12.1 Å². The van der Waals surface area contributed by atoms with Gasteiger partial charge in [-0.15, -0.1) is 0 Å². The van der Waals surface area contributed by atoms with Gasteiger partial charge in [0.15, 0.2) is 0 Å². The minimum Gasteiger partial charge on any atom is -0.495 e. The van der Waals surface area contributed by atoms with Gasteiger partial charge >= 0.3 is 0 Å². The zero-order valence-corrected chi connectivity index (χ0v) is 18.3. The topological polar surface area (TPSA) is 84.9 Å². The molecule has 2 aromatic carbocycles. The highest BCUT2D eigenvalue weighted by Gasteiger charge is 2.27. The molecule has 1 fully saturated rings. The molecule has 0 unspecified atom stereocenters. The number of hydrogen-bond donors (Lipinski definition) is 1. The quantitative estimate of drug-likeness (QED) is 0.682. The first-order valence-corrected chi connectivity index (χ1v) is 11.1. The second-order valence-electron chi connectivity index (χ2n) is 6.71. The van der Waals surface area contributed by atoms with Crippen LogP contribution < -0.4 is 10.1 Å². The van der Waals surface area contributed by atoms with Gasteiger partial charge in [0.25, 0.3) is 0 Å². The van der Waals surface area contributed by atoms with E-state index >= 15 is 0 Å². The number of anilines is 1. The molecule has 9 heteroatoms. The van der Waals surface area contributed by atoms with Gasteiger partial charge in [-0.1, -0.05) is 23.7 Å².